The lowest BCUT2D eigenvalue weighted by atomic mass is 9.99. The number of nitrogens with zero attached hydrogens (tertiary/aromatic N) is 2. The standard InChI is InChI=1S/C26H26N2O2/c1-5-27-16(3)24(18-11-7-9-13-21(18)27)20-15-23(30-26(20)29)25-17(4)28(6-2)22-14-10-8-12-19(22)25/h7-15,23H,5-6H2,1-4H3. The van der Waals surface area contributed by atoms with Crippen molar-refractivity contribution in [3.63, 3.8) is 0 Å². The summed E-state index contributed by atoms with van der Waals surface area (Å²) in [5.41, 5.74) is 7.36. The van der Waals surface area contributed by atoms with Crippen LogP contribution in [0.2, 0.25) is 0 Å². The van der Waals surface area contributed by atoms with Crippen LogP contribution in [0, 0.1) is 13.8 Å². The molecule has 4 nitrogen and oxygen atoms in total. The molecule has 0 N–H and O–H groups in total. The second-order valence-electron chi connectivity index (χ2n) is 7.89. The quantitative estimate of drug-likeness (QED) is 0.399. The Kier molecular flexibility index (Phi) is 4.31. The third-order valence-electron chi connectivity index (χ3n) is 6.47. The van der Waals surface area contributed by atoms with Crippen LogP contribution < -0.4 is 0 Å². The summed E-state index contributed by atoms with van der Waals surface area (Å²) in [5.74, 6) is -0.241. The molecule has 30 heavy (non-hydrogen) atoms. The summed E-state index contributed by atoms with van der Waals surface area (Å²) in [6, 6.07) is 16.7. The zero-order valence-corrected chi connectivity index (χ0v) is 17.9. The van der Waals surface area contributed by atoms with Crippen molar-refractivity contribution in [3.05, 3.63) is 77.1 Å². The molecular formula is C26H26N2O2. The van der Waals surface area contributed by atoms with Crippen molar-refractivity contribution in [2.24, 2.45) is 0 Å². The summed E-state index contributed by atoms with van der Waals surface area (Å²) in [5, 5.41) is 2.26. The normalized spacial score (nSPS) is 16.5. The van der Waals surface area contributed by atoms with Gasteiger partial charge in [0, 0.05) is 57.4 Å². The first-order chi connectivity index (χ1) is 14.6. The zero-order valence-electron chi connectivity index (χ0n) is 17.9. The summed E-state index contributed by atoms with van der Waals surface area (Å²) >= 11 is 0. The van der Waals surface area contributed by atoms with Crippen LogP contribution in [0.3, 0.4) is 0 Å². The van der Waals surface area contributed by atoms with Crippen LogP contribution in [0.4, 0.5) is 0 Å². The summed E-state index contributed by atoms with van der Waals surface area (Å²) < 4.78 is 10.5. The summed E-state index contributed by atoms with van der Waals surface area (Å²) in [7, 11) is 0. The van der Waals surface area contributed by atoms with Crippen molar-refractivity contribution >= 4 is 33.3 Å². The van der Waals surface area contributed by atoms with Crippen LogP contribution in [0.15, 0.2) is 54.6 Å². The van der Waals surface area contributed by atoms with Crippen LogP contribution in [-0.2, 0) is 22.6 Å². The highest BCUT2D eigenvalue weighted by molar-refractivity contribution is 6.22. The number of para-hydroxylation sites is 2. The number of hydrogen-bond donors (Lipinski definition) is 0. The van der Waals surface area contributed by atoms with Crippen molar-refractivity contribution in [1.82, 2.24) is 9.13 Å². The Morgan fingerprint density at radius 3 is 2.07 bits per heavy atom. The maximum Gasteiger partial charge on any atom is 0.339 e. The van der Waals surface area contributed by atoms with Gasteiger partial charge in [-0.15, -0.1) is 0 Å². The lowest BCUT2D eigenvalue weighted by Crippen LogP contribution is -2.05. The monoisotopic (exact) mass is 398 g/mol. The van der Waals surface area contributed by atoms with Gasteiger partial charge in [0.15, 0.2) is 0 Å². The molecule has 152 valence electrons. The van der Waals surface area contributed by atoms with Crippen molar-refractivity contribution in [2.45, 2.75) is 46.9 Å². The highest BCUT2D eigenvalue weighted by Gasteiger charge is 2.33. The maximum atomic E-state index is 13.1. The number of carbonyl (C=O) groups is 1. The molecule has 0 saturated carbocycles. The number of carbonyl (C=O) groups excluding carboxylic acids is 1. The van der Waals surface area contributed by atoms with Gasteiger partial charge in [-0.2, -0.15) is 0 Å². The molecule has 2 aromatic carbocycles. The smallest absolute Gasteiger partial charge is 0.339 e. The van der Waals surface area contributed by atoms with E-state index < -0.39 is 0 Å². The van der Waals surface area contributed by atoms with Gasteiger partial charge in [-0.3, -0.25) is 0 Å². The van der Waals surface area contributed by atoms with E-state index in [-0.39, 0.29) is 12.1 Å². The molecule has 1 aliphatic rings. The van der Waals surface area contributed by atoms with E-state index in [0.717, 1.165) is 51.9 Å². The predicted molar refractivity (Wildman–Crippen MR) is 122 cm³/mol. The Bertz CT molecular complexity index is 1340. The van der Waals surface area contributed by atoms with Crippen LogP contribution in [0.1, 0.15) is 42.5 Å². The Hall–Kier alpha value is -3.27. The van der Waals surface area contributed by atoms with E-state index in [9.17, 15) is 4.79 Å². The van der Waals surface area contributed by atoms with E-state index in [2.05, 4.69) is 67.2 Å². The lowest BCUT2D eigenvalue weighted by molar-refractivity contribution is -0.137. The van der Waals surface area contributed by atoms with Gasteiger partial charge in [0.05, 0.1) is 5.57 Å². The zero-order chi connectivity index (χ0) is 21.0. The molecule has 0 aliphatic carbocycles. The molecule has 4 aromatic rings. The van der Waals surface area contributed by atoms with Crippen LogP contribution in [0.25, 0.3) is 27.4 Å². The van der Waals surface area contributed by atoms with Gasteiger partial charge < -0.3 is 13.9 Å². The number of fused-ring (bicyclic) bond motifs is 2. The fourth-order valence-corrected chi connectivity index (χ4v) is 5.16. The first-order valence-electron chi connectivity index (χ1n) is 10.7. The summed E-state index contributed by atoms with van der Waals surface area (Å²) in [6.07, 6.45) is 1.65. The fraction of sp³-hybridized carbons (Fsp3) is 0.269. The van der Waals surface area contributed by atoms with Crippen molar-refractivity contribution in [2.75, 3.05) is 0 Å². The highest BCUT2D eigenvalue weighted by Crippen LogP contribution is 2.42. The Labute approximate surface area is 176 Å². The molecule has 0 spiro atoms. The number of esters is 1. The number of benzene rings is 2. The number of cyclic esters (lactones) is 1. The fourth-order valence-electron chi connectivity index (χ4n) is 5.16. The molecule has 1 atom stereocenters. The molecule has 0 saturated heterocycles. The minimum absolute atomic E-state index is 0.241. The molecular weight excluding hydrogens is 372 g/mol. The molecule has 0 amide bonds. The van der Waals surface area contributed by atoms with E-state index in [1.807, 2.05) is 24.3 Å². The summed E-state index contributed by atoms with van der Waals surface area (Å²) in [4.78, 5) is 13.1. The highest BCUT2D eigenvalue weighted by atomic mass is 16.5. The van der Waals surface area contributed by atoms with Gasteiger partial charge in [0.2, 0.25) is 0 Å². The van der Waals surface area contributed by atoms with E-state index in [4.69, 9.17) is 4.74 Å². The maximum absolute atomic E-state index is 13.1. The van der Waals surface area contributed by atoms with E-state index in [1.54, 1.807) is 0 Å². The summed E-state index contributed by atoms with van der Waals surface area (Å²) in [6.45, 7) is 10.2. The molecule has 0 radical (unpaired) electrons. The van der Waals surface area contributed by atoms with E-state index in [0.29, 0.717) is 5.57 Å². The van der Waals surface area contributed by atoms with Crippen LogP contribution in [0.5, 0.6) is 0 Å². The predicted octanol–water partition coefficient (Wildman–Crippen LogP) is 5.93. The SMILES string of the molecule is CCn1c(C)c(C2=CC(c3c(C)n(CC)c4ccccc34)OC2=O)c2ccccc21. The van der Waals surface area contributed by atoms with E-state index >= 15 is 0 Å². The largest absolute Gasteiger partial charge is 0.449 e. The Balaban J connectivity index is 1.71. The molecule has 4 heteroatoms. The Morgan fingerprint density at radius 2 is 1.40 bits per heavy atom. The third kappa shape index (κ3) is 2.49. The van der Waals surface area contributed by atoms with Gasteiger partial charge in [-0.25, -0.2) is 4.79 Å². The minimum atomic E-state index is -0.367. The van der Waals surface area contributed by atoms with Crippen molar-refractivity contribution in [1.29, 1.82) is 0 Å². The second kappa shape index (κ2) is 6.91. The average Bonchev–Trinajstić information content (AvgIpc) is 3.35. The van der Waals surface area contributed by atoms with Gasteiger partial charge in [-0.05, 0) is 45.9 Å². The van der Waals surface area contributed by atoms with Crippen LogP contribution in [-0.4, -0.2) is 15.1 Å². The van der Waals surface area contributed by atoms with Crippen molar-refractivity contribution in [3.8, 4) is 0 Å². The van der Waals surface area contributed by atoms with E-state index in [1.165, 1.54) is 5.52 Å². The minimum Gasteiger partial charge on any atom is -0.449 e. The molecule has 2 aromatic heterocycles. The molecule has 1 unspecified atom stereocenters. The first kappa shape index (κ1) is 18.7. The van der Waals surface area contributed by atoms with Gasteiger partial charge in [-0.1, -0.05) is 36.4 Å². The second-order valence-corrected chi connectivity index (χ2v) is 7.89. The van der Waals surface area contributed by atoms with Crippen molar-refractivity contribution < 1.29 is 9.53 Å². The van der Waals surface area contributed by atoms with Gasteiger partial charge >= 0.3 is 5.97 Å². The number of aromatic nitrogens is 2. The third-order valence-corrected chi connectivity index (χ3v) is 6.47. The number of hydrogen-bond acceptors (Lipinski definition) is 2. The molecule has 0 fully saturated rings. The van der Waals surface area contributed by atoms with Gasteiger partial charge in [0.1, 0.15) is 6.10 Å². The lowest BCUT2D eigenvalue weighted by Gasteiger charge is -2.10. The molecule has 3 heterocycles. The van der Waals surface area contributed by atoms with Gasteiger partial charge in [0.25, 0.3) is 0 Å². The van der Waals surface area contributed by atoms with Crippen LogP contribution >= 0.6 is 0 Å². The Morgan fingerprint density at radius 1 is 0.833 bits per heavy atom. The number of ether oxygens (including phenoxy) is 1. The number of rotatable bonds is 4. The topological polar surface area (TPSA) is 36.2 Å². The number of aryl methyl sites for hydroxylation is 2. The molecule has 1 aliphatic heterocycles. The average molecular weight is 399 g/mol. The first-order valence-corrected chi connectivity index (χ1v) is 10.7. The molecule has 0 bridgehead atoms. The molecule has 5 rings (SSSR count).